The average molecular weight is 308 g/mol. The number of nitrogens with two attached hydrogens (primary N) is 1. The summed E-state index contributed by atoms with van der Waals surface area (Å²) in [5.74, 6) is -0.426. The molecule has 4 nitrogen and oxygen atoms in total. The molecule has 0 spiro atoms. The van der Waals surface area contributed by atoms with E-state index < -0.39 is 17.7 Å². The van der Waals surface area contributed by atoms with Crippen LogP contribution in [0.4, 0.5) is 18.9 Å². The van der Waals surface area contributed by atoms with Crippen molar-refractivity contribution in [2.45, 2.75) is 6.18 Å². The second kappa shape index (κ2) is 6.30. The SMILES string of the molecule is Nc1cc(C(F)(F)F)ccc1C=CC(=O)Oc1cccnc1. The molecule has 0 bridgehead atoms. The molecule has 0 atom stereocenters. The standard InChI is InChI=1S/C15H11F3N2O2/c16-15(17,18)11-5-3-10(13(19)8-11)4-6-14(21)22-12-2-1-7-20-9-12/h1-9H,19H2. The van der Waals surface area contributed by atoms with Gasteiger partial charge < -0.3 is 10.5 Å². The predicted octanol–water partition coefficient (Wildman–Crippen LogP) is 3.30. The van der Waals surface area contributed by atoms with Crippen LogP contribution in [0.3, 0.4) is 0 Å². The summed E-state index contributed by atoms with van der Waals surface area (Å²) in [6.45, 7) is 0. The third-order valence-electron chi connectivity index (χ3n) is 2.67. The van der Waals surface area contributed by atoms with Gasteiger partial charge in [-0.15, -0.1) is 0 Å². The minimum absolute atomic E-state index is 0.0831. The molecule has 2 rings (SSSR count). The van der Waals surface area contributed by atoms with Gasteiger partial charge in [-0.25, -0.2) is 4.79 Å². The monoisotopic (exact) mass is 308 g/mol. The Hall–Kier alpha value is -2.83. The van der Waals surface area contributed by atoms with Crippen LogP contribution in [0.2, 0.25) is 0 Å². The Bertz CT molecular complexity index is 698. The van der Waals surface area contributed by atoms with Gasteiger partial charge in [0.05, 0.1) is 11.8 Å². The van der Waals surface area contributed by atoms with E-state index in [-0.39, 0.29) is 17.0 Å². The van der Waals surface area contributed by atoms with Crippen molar-refractivity contribution in [3.05, 3.63) is 59.9 Å². The van der Waals surface area contributed by atoms with Crippen molar-refractivity contribution in [3.8, 4) is 5.75 Å². The molecule has 0 saturated heterocycles. The lowest BCUT2D eigenvalue weighted by molar-refractivity contribution is -0.137. The molecule has 0 amide bonds. The van der Waals surface area contributed by atoms with Crippen molar-refractivity contribution in [3.63, 3.8) is 0 Å². The predicted molar refractivity (Wildman–Crippen MR) is 74.8 cm³/mol. The van der Waals surface area contributed by atoms with Crippen molar-refractivity contribution in [1.29, 1.82) is 0 Å². The first-order chi connectivity index (χ1) is 10.4. The average Bonchev–Trinajstić information content (AvgIpc) is 2.46. The molecule has 0 aliphatic carbocycles. The van der Waals surface area contributed by atoms with Crippen LogP contribution in [0.1, 0.15) is 11.1 Å². The number of anilines is 1. The molecule has 1 aromatic heterocycles. The third kappa shape index (κ3) is 4.08. The highest BCUT2D eigenvalue weighted by Gasteiger charge is 2.30. The lowest BCUT2D eigenvalue weighted by Gasteiger charge is -2.08. The maximum absolute atomic E-state index is 12.5. The molecule has 0 fully saturated rings. The van der Waals surface area contributed by atoms with E-state index in [1.165, 1.54) is 24.5 Å². The zero-order chi connectivity index (χ0) is 16.2. The topological polar surface area (TPSA) is 65.2 Å². The summed E-state index contributed by atoms with van der Waals surface area (Å²) in [4.78, 5) is 15.3. The van der Waals surface area contributed by atoms with Gasteiger partial charge in [0.25, 0.3) is 0 Å². The first-order valence-electron chi connectivity index (χ1n) is 6.13. The number of hydrogen-bond acceptors (Lipinski definition) is 4. The van der Waals surface area contributed by atoms with Crippen LogP contribution in [0.25, 0.3) is 6.08 Å². The Kier molecular flexibility index (Phi) is 4.45. The van der Waals surface area contributed by atoms with Gasteiger partial charge in [0.1, 0.15) is 5.75 Å². The van der Waals surface area contributed by atoms with E-state index in [9.17, 15) is 18.0 Å². The van der Waals surface area contributed by atoms with E-state index in [0.29, 0.717) is 0 Å². The number of nitrogens with zero attached hydrogens (tertiary/aromatic N) is 1. The van der Waals surface area contributed by atoms with Crippen LogP contribution in [-0.2, 0) is 11.0 Å². The zero-order valence-corrected chi connectivity index (χ0v) is 11.2. The number of carbonyl (C=O) groups excluding carboxylic acids is 1. The van der Waals surface area contributed by atoms with Crippen molar-refractivity contribution in [2.24, 2.45) is 0 Å². The van der Waals surface area contributed by atoms with E-state index >= 15 is 0 Å². The van der Waals surface area contributed by atoms with Crippen molar-refractivity contribution >= 4 is 17.7 Å². The number of nitrogen functional groups attached to an aromatic ring is 1. The normalized spacial score (nSPS) is 11.6. The van der Waals surface area contributed by atoms with E-state index in [0.717, 1.165) is 18.2 Å². The highest BCUT2D eigenvalue weighted by atomic mass is 19.4. The molecule has 7 heteroatoms. The molecule has 1 heterocycles. The minimum Gasteiger partial charge on any atom is -0.422 e. The summed E-state index contributed by atoms with van der Waals surface area (Å²) in [6, 6.07) is 6.03. The third-order valence-corrected chi connectivity index (χ3v) is 2.67. The largest absolute Gasteiger partial charge is 0.422 e. The van der Waals surface area contributed by atoms with Gasteiger partial charge in [-0.3, -0.25) is 4.98 Å². The molecule has 0 unspecified atom stereocenters. The fraction of sp³-hybridized carbons (Fsp3) is 0.0667. The second-order valence-corrected chi connectivity index (χ2v) is 4.28. The first kappa shape index (κ1) is 15.6. The molecule has 0 aliphatic heterocycles. The molecule has 0 saturated carbocycles. The summed E-state index contributed by atoms with van der Waals surface area (Å²) < 4.78 is 42.5. The maximum Gasteiger partial charge on any atom is 0.416 e. The van der Waals surface area contributed by atoms with Gasteiger partial charge in [0.15, 0.2) is 0 Å². The van der Waals surface area contributed by atoms with Gasteiger partial charge in [-0.05, 0) is 35.9 Å². The lowest BCUT2D eigenvalue weighted by Crippen LogP contribution is -2.06. The van der Waals surface area contributed by atoms with Crippen LogP contribution in [0.15, 0.2) is 48.8 Å². The number of hydrogen-bond donors (Lipinski definition) is 1. The first-order valence-corrected chi connectivity index (χ1v) is 6.13. The lowest BCUT2D eigenvalue weighted by atomic mass is 10.1. The molecule has 114 valence electrons. The van der Waals surface area contributed by atoms with Crippen molar-refractivity contribution in [2.75, 3.05) is 5.73 Å². The van der Waals surface area contributed by atoms with Gasteiger partial charge in [0, 0.05) is 18.0 Å². The number of carbonyl (C=O) groups is 1. The number of benzene rings is 1. The fourth-order valence-electron chi connectivity index (χ4n) is 1.62. The second-order valence-electron chi connectivity index (χ2n) is 4.28. The maximum atomic E-state index is 12.5. The molecule has 0 aliphatic rings. The number of ether oxygens (including phenoxy) is 1. The minimum atomic E-state index is -4.46. The molecular formula is C15H11F3N2O2. The molecule has 0 radical (unpaired) electrons. The molecule has 2 aromatic rings. The Morgan fingerprint density at radius 2 is 2.05 bits per heavy atom. The van der Waals surface area contributed by atoms with E-state index in [1.54, 1.807) is 12.1 Å². The van der Waals surface area contributed by atoms with E-state index in [1.807, 2.05) is 0 Å². The van der Waals surface area contributed by atoms with E-state index in [4.69, 9.17) is 10.5 Å². The summed E-state index contributed by atoms with van der Waals surface area (Å²) in [6.07, 6.45) is 0.782. The Morgan fingerprint density at radius 3 is 2.64 bits per heavy atom. The highest BCUT2D eigenvalue weighted by Crippen LogP contribution is 2.31. The van der Waals surface area contributed by atoms with Gasteiger partial charge >= 0.3 is 12.1 Å². The number of rotatable bonds is 3. The van der Waals surface area contributed by atoms with Crippen LogP contribution < -0.4 is 10.5 Å². The number of esters is 1. The Labute approximate surface area is 124 Å². The van der Waals surface area contributed by atoms with Gasteiger partial charge in [-0.2, -0.15) is 13.2 Å². The summed E-state index contributed by atoms with van der Waals surface area (Å²) >= 11 is 0. The summed E-state index contributed by atoms with van der Waals surface area (Å²) in [5.41, 5.74) is 4.90. The molecule has 2 N–H and O–H groups in total. The van der Waals surface area contributed by atoms with Crippen molar-refractivity contribution in [1.82, 2.24) is 4.98 Å². The Balaban J connectivity index is 2.08. The molecule has 22 heavy (non-hydrogen) atoms. The Morgan fingerprint density at radius 1 is 1.27 bits per heavy atom. The fourth-order valence-corrected chi connectivity index (χ4v) is 1.62. The van der Waals surface area contributed by atoms with Crippen molar-refractivity contribution < 1.29 is 22.7 Å². The quantitative estimate of drug-likeness (QED) is 0.537. The summed E-state index contributed by atoms with van der Waals surface area (Å²) in [7, 11) is 0. The van der Waals surface area contributed by atoms with Gasteiger partial charge in [0.2, 0.25) is 0 Å². The highest BCUT2D eigenvalue weighted by molar-refractivity contribution is 5.89. The van der Waals surface area contributed by atoms with Crippen LogP contribution in [0.5, 0.6) is 5.75 Å². The summed E-state index contributed by atoms with van der Waals surface area (Å²) in [5, 5.41) is 0. The molecular weight excluding hydrogens is 297 g/mol. The van der Waals surface area contributed by atoms with Gasteiger partial charge in [-0.1, -0.05) is 6.07 Å². The molecule has 1 aromatic carbocycles. The number of aromatic nitrogens is 1. The number of halogens is 3. The van der Waals surface area contributed by atoms with Crippen LogP contribution in [-0.4, -0.2) is 11.0 Å². The van der Waals surface area contributed by atoms with Crippen LogP contribution in [0, 0.1) is 0 Å². The zero-order valence-electron chi connectivity index (χ0n) is 11.2. The number of alkyl halides is 3. The van der Waals surface area contributed by atoms with Crippen LogP contribution >= 0.6 is 0 Å². The number of pyridine rings is 1. The smallest absolute Gasteiger partial charge is 0.416 e. The van der Waals surface area contributed by atoms with E-state index in [2.05, 4.69) is 4.98 Å².